The van der Waals surface area contributed by atoms with Crippen LogP contribution in [0.15, 0.2) is 9.52 Å². The van der Waals surface area contributed by atoms with Crippen molar-refractivity contribution in [3.05, 3.63) is 17.0 Å². The number of nitrogens with one attached hydrogen (secondary N) is 2. The van der Waals surface area contributed by atoms with E-state index in [1.807, 2.05) is 11.8 Å². The Bertz CT molecular complexity index is 388. The largest absolute Gasteiger partial charge is 0.361 e. The van der Waals surface area contributed by atoms with Gasteiger partial charge in [0.2, 0.25) is 0 Å². The van der Waals surface area contributed by atoms with E-state index >= 15 is 0 Å². The Morgan fingerprint density at radius 1 is 1.30 bits per heavy atom. The van der Waals surface area contributed by atoms with Crippen LogP contribution >= 0.6 is 35.7 Å². The van der Waals surface area contributed by atoms with Crippen molar-refractivity contribution < 1.29 is 4.52 Å². The molecule has 2 N–H and O–H groups in total. The highest BCUT2D eigenvalue weighted by molar-refractivity contribution is 14.0. The zero-order valence-corrected chi connectivity index (χ0v) is 15.8. The minimum atomic E-state index is 0. The molecule has 0 aliphatic rings. The van der Waals surface area contributed by atoms with Crippen molar-refractivity contribution in [2.45, 2.75) is 33.2 Å². The summed E-state index contributed by atoms with van der Waals surface area (Å²) in [5.41, 5.74) is 2.20. The Labute approximate surface area is 142 Å². The van der Waals surface area contributed by atoms with E-state index in [-0.39, 0.29) is 24.0 Å². The Hall–Kier alpha value is -0.440. The van der Waals surface area contributed by atoms with Gasteiger partial charge in [-0.25, -0.2) is 0 Å². The molecule has 1 aromatic heterocycles. The molecule has 0 fully saturated rings. The average molecular weight is 412 g/mol. The van der Waals surface area contributed by atoms with Crippen LogP contribution in [0.3, 0.4) is 0 Å². The molecule has 0 aliphatic carbocycles. The van der Waals surface area contributed by atoms with Gasteiger partial charge in [0.15, 0.2) is 5.96 Å². The summed E-state index contributed by atoms with van der Waals surface area (Å²) in [4.78, 5) is 4.20. The van der Waals surface area contributed by atoms with E-state index < -0.39 is 0 Å². The van der Waals surface area contributed by atoms with Crippen molar-refractivity contribution in [3.63, 3.8) is 0 Å². The molecule has 0 amide bonds. The fraction of sp³-hybridized carbons (Fsp3) is 0.692. The summed E-state index contributed by atoms with van der Waals surface area (Å²) in [5, 5.41) is 10.7. The zero-order valence-electron chi connectivity index (χ0n) is 12.7. The van der Waals surface area contributed by atoms with Crippen molar-refractivity contribution in [2.24, 2.45) is 4.99 Å². The predicted octanol–water partition coefficient (Wildman–Crippen LogP) is 2.45. The van der Waals surface area contributed by atoms with Gasteiger partial charge in [0.25, 0.3) is 0 Å². The van der Waals surface area contributed by atoms with Crippen LogP contribution in [0.5, 0.6) is 0 Å². The lowest BCUT2D eigenvalue weighted by Crippen LogP contribution is -2.38. The number of nitrogens with zero attached hydrogens (tertiary/aromatic N) is 2. The fourth-order valence-corrected chi connectivity index (χ4v) is 2.11. The first-order valence-corrected chi connectivity index (χ1v) is 8.05. The number of aromatic nitrogens is 1. The predicted molar refractivity (Wildman–Crippen MR) is 97.3 cm³/mol. The molecule has 0 unspecified atom stereocenters. The Morgan fingerprint density at radius 3 is 2.60 bits per heavy atom. The molecule has 0 atom stereocenters. The van der Waals surface area contributed by atoms with Crippen molar-refractivity contribution in [2.75, 3.05) is 25.6 Å². The smallest absolute Gasteiger partial charge is 0.191 e. The number of guanidine groups is 1. The van der Waals surface area contributed by atoms with Gasteiger partial charge in [0.05, 0.1) is 5.69 Å². The van der Waals surface area contributed by atoms with Gasteiger partial charge in [-0.15, -0.1) is 24.0 Å². The van der Waals surface area contributed by atoms with Gasteiger partial charge in [-0.05, 0) is 12.7 Å². The van der Waals surface area contributed by atoms with Gasteiger partial charge < -0.3 is 15.2 Å². The van der Waals surface area contributed by atoms with Gasteiger partial charge in [0.1, 0.15) is 5.76 Å². The Kier molecular flexibility index (Phi) is 11.0. The maximum absolute atomic E-state index is 5.35. The molecule has 1 rings (SSSR count). The summed E-state index contributed by atoms with van der Waals surface area (Å²) in [6.07, 6.45) is 3.84. The number of halogens is 1. The van der Waals surface area contributed by atoms with Gasteiger partial charge in [-0.2, -0.15) is 11.8 Å². The number of aryl methyl sites for hydroxylation is 2. The summed E-state index contributed by atoms with van der Waals surface area (Å²) in [6, 6.07) is 0. The first-order valence-electron chi connectivity index (χ1n) is 6.66. The molecule has 5 nitrogen and oxygen atoms in total. The molecule has 0 spiro atoms. The molecule has 0 radical (unpaired) electrons. The molecule has 116 valence electrons. The van der Waals surface area contributed by atoms with Crippen LogP contribution < -0.4 is 10.6 Å². The molecular weight excluding hydrogens is 387 g/mol. The number of rotatable bonds is 7. The average Bonchev–Trinajstić information content (AvgIpc) is 2.84. The van der Waals surface area contributed by atoms with Crippen LogP contribution in [0.4, 0.5) is 0 Å². The van der Waals surface area contributed by atoms with Gasteiger partial charge in [-0.1, -0.05) is 19.0 Å². The number of hydrogen-bond acceptors (Lipinski definition) is 4. The standard InChI is InChI=1S/C13H24N4OS.HI/c1-5-11-10(12(6-2)18-17-11)9-16-13(14-3)15-7-8-19-4;/h5-9H2,1-4H3,(H2,14,15,16);1H. The number of aliphatic imine (C=N–C) groups is 1. The third-order valence-corrected chi connectivity index (χ3v) is 3.47. The fourth-order valence-electron chi connectivity index (χ4n) is 1.80. The van der Waals surface area contributed by atoms with E-state index in [4.69, 9.17) is 4.52 Å². The van der Waals surface area contributed by atoms with Crippen LogP contribution in [-0.2, 0) is 19.4 Å². The Balaban J connectivity index is 0.00000361. The molecule has 0 bridgehead atoms. The van der Waals surface area contributed by atoms with E-state index in [2.05, 4.69) is 40.9 Å². The normalized spacial score (nSPS) is 11.1. The summed E-state index contributed by atoms with van der Waals surface area (Å²) < 4.78 is 5.35. The van der Waals surface area contributed by atoms with Crippen LogP contribution in [0, 0.1) is 0 Å². The Morgan fingerprint density at radius 2 is 2.05 bits per heavy atom. The first-order chi connectivity index (χ1) is 9.26. The van der Waals surface area contributed by atoms with E-state index in [0.717, 1.165) is 48.1 Å². The van der Waals surface area contributed by atoms with Crippen molar-refractivity contribution in [3.8, 4) is 0 Å². The van der Waals surface area contributed by atoms with E-state index in [1.165, 1.54) is 0 Å². The molecule has 0 aromatic carbocycles. The highest BCUT2D eigenvalue weighted by Gasteiger charge is 2.13. The molecule has 20 heavy (non-hydrogen) atoms. The lowest BCUT2D eigenvalue weighted by Gasteiger charge is -2.11. The quantitative estimate of drug-likeness (QED) is 0.312. The van der Waals surface area contributed by atoms with Crippen molar-refractivity contribution in [1.29, 1.82) is 0 Å². The van der Waals surface area contributed by atoms with Crippen LogP contribution in [0.1, 0.15) is 30.9 Å². The van der Waals surface area contributed by atoms with Crippen LogP contribution in [-0.4, -0.2) is 36.7 Å². The van der Waals surface area contributed by atoms with Gasteiger partial charge in [0, 0.05) is 37.9 Å². The minimum Gasteiger partial charge on any atom is -0.361 e. The second kappa shape index (κ2) is 11.2. The maximum atomic E-state index is 5.35. The van der Waals surface area contributed by atoms with E-state index in [9.17, 15) is 0 Å². The lowest BCUT2D eigenvalue weighted by atomic mass is 10.1. The summed E-state index contributed by atoms with van der Waals surface area (Å²) in [6.45, 7) is 5.78. The summed E-state index contributed by atoms with van der Waals surface area (Å²) in [7, 11) is 1.78. The van der Waals surface area contributed by atoms with Gasteiger partial charge in [-0.3, -0.25) is 4.99 Å². The second-order valence-electron chi connectivity index (χ2n) is 4.08. The second-order valence-corrected chi connectivity index (χ2v) is 5.07. The number of hydrogen-bond donors (Lipinski definition) is 2. The van der Waals surface area contributed by atoms with Crippen LogP contribution in [0.2, 0.25) is 0 Å². The minimum absolute atomic E-state index is 0. The lowest BCUT2D eigenvalue weighted by molar-refractivity contribution is 0.380. The maximum Gasteiger partial charge on any atom is 0.191 e. The highest BCUT2D eigenvalue weighted by atomic mass is 127. The van der Waals surface area contributed by atoms with E-state index in [0.29, 0.717) is 6.54 Å². The van der Waals surface area contributed by atoms with Crippen molar-refractivity contribution in [1.82, 2.24) is 15.8 Å². The zero-order chi connectivity index (χ0) is 14.1. The molecular formula is C13H25IN4OS. The summed E-state index contributed by atoms with van der Waals surface area (Å²) >= 11 is 1.81. The monoisotopic (exact) mass is 412 g/mol. The molecule has 1 aromatic rings. The van der Waals surface area contributed by atoms with Crippen LogP contribution in [0.25, 0.3) is 0 Å². The third-order valence-electron chi connectivity index (χ3n) is 2.86. The molecule has 0 aliphatic heterocycles. The molecule has 0 saturated carbocycles. The number of thioether (sulfide) groups is 1. The molecule has 7 heteroatoms. The first kappa shape index (κ1) is 19.6. The molecule has 0 saturated heterocycles. The van der Waals surface area contributed by atoms with Crippen molar-refractivity contribution >= 4 is 41.7 Å². The highest BCUT2D eigenvalue weighted by Crippen LogP contribution is 2.15. The van der Waals surface area contributed by atoms with Gasteiger partial charge >= 0.3 is 0 Å². The summed E-state index contributed by atoms with van der Waals surface area (Å²) in [5.74, 6) is 2.84. The SMILES string of the molecule is CCc1noc(CC)c1CNC(=NC)NCCSC.I. The topological polar surface area (TPSA) is 62.5 Å². The van der Waals surface area contributed by atoms with E-state index in [1.54, 1.807) is 7.05 Å². The molecule has 1 heterocycles. The third kappa shape index (κ3) is 5.90.